The molecule has 5 heteroatoms. The Morgan fingerprint density at radius 3 is 2.88 bits per heavy atom. The second-order valence-electron chi connectivity index (χ2n) is 1.25. The van der Waals surface area contributed by atoms with E-state index in [1.165, 1.54) is 4.52 Å². The van der Waals surface area contributed by atoms with Crippen LogP contribution in [0.5, 0.6) is 0 Å². The molecule has 0 spiro atoms. The zero-order valence-electron chi connectivity index (χ0n) is 3.96. The highest BCUT2D eigenvalue weighted by Crippen LogP contribution is 1.88. The van der Waals surface area contributed by atoms with Crippen LogP contribution in [-0.2, 0) is 0 Å². The highest BCUT2D eigenvalue weighted by atomic mass is 32.1. The highest BCUT2D eigenvalue weighted by molar-refractivity contribution is 7.81. The number of thiocarbonyl (C=S) groups is 1. The molecule has 0 fully saturated rings. The van der Waals surface area contributed by atoms with Crippen LogP contribution in [0.4, 0.5) is 0 Å². The number of thiol groups is 1. The average Bonchev–Trinajstić information content (AvgIpc) is 1.64. The summed E-state index contributed by atoms with van der Waals surface area (Å²) in [5.74, 6) is 0. The maximum Gasteiger partial charge on any atom is 0.117 e. The van der Waals surface area contributed by atoms with Crippen LogP contribution in [0.3, 0.4) is 0 Å². The number of hydrogen-bond donors (Lipinski definition) is 3. The lowest BCUT2D eigenvalue weighted by atomic mass is 10.6. The summed E-state index contributed by atoms with van der Waals surface area (Å²) in [6, 6.07) is 0. The minimum atomic E-state index is 0.652. The highest BCUT2D eigenvalue weighted by Gasteiger charge is 1.99. The zero-order chi connectivity index (χ0) is 5.98. The molecule has 0 saturated heterocycles. The minimum Gasteiger partial charge on any atom is -0.299 e. The summed E-state index contributed by atoms with van der Waals surface area (Å²) in [7, 11) is 0. The number of rotatable bonds is 0. The molecule has 0 aliphatic carbocycles. The van der Waals surface area contributed by atoms with Crippen molar-refractivity contribution in [2.24, 2.45) is 0 Å². The van der Waals surface area contributed by atoms with Crippen LogP contribution in [0.25, 0.3) is 0 Å². The van der Waals surface area contributed by atoms with Crippen molar-refractivity contribution in [1.29, 1.82) is 0 Å². The van der Waals surface area contributed by atoms with E-state index in [1.54, 1.807) is 12.3 Å². The second-order valence-corrected chi connectivity index (χ2v) is 2.09. The van der Waals surface area contributed by atoms with Crippen molar-refractivity contribution in [1.82, 2.24) is 15.4 Å². The third-order valence-electron chi connectivity index (χ3n) is 0.648. The van der Waals surface area contributed by atoms with E-state index in [1.807, 2.05) is 0 Å². The van der Waals surface area contributed by atoms with E-state index in [0.29, 0.717) is 4.99 Å². The van der Waals surface area contributed by atoms with E-state index in [9.17, 15) is 0 Å². The van der Waals surface area contributed by atoms with E-state index in [4.69, 9.17) is 12.2 Å². The molecular weight excluding hydrogens is 142 g/mol. The minimum absolute atomic E-state index is 0.652. The van der Waals surface area contributed by atoms with Crippen molar-refractivity contribution in [3.63, 3.8) is 0 Å². The van der Waals surface area contributed by atoms with Gasteiger partial charge in [-0.3, -0.25) is 10.9 Å². The molecule has 0 unspecified atom stereocenters. The predicted molar refractivity (Wildman–Crippen MR) is 38.8 cm³/mol. The van der Waals surface area contributed by atoms with Gasteiger partial charge in [-0.1, -0.05) is 29.6 Å². The van der Waals surface area contributed by atoms with Crippen molar-refractivity contribution in [3.8, 4) is 0 Å². The molecule has 3 nitrogen and oxygen atoms in total. The number of hydrazine groups is 2. The molecule has 0 saturated carbocycles. The van der Waals surface area contributed by atoms with Gasteiger partial charge in [0.1, 0.15) is 4.99 Å². The summed E-state index contributed by atoms with van der Waals surface area (Å²) in [5, 5.41) is 0. The summed E-state index contributed by atoms with van der Waals surface area (Å²) >= 11 is 8.65. The maximum atomic E-state index is 4.75. The molecule has 1 rings (SSSR count). The van der Waals surface area contributed by atoms with Gasteiger partial charge in [0.25, 0.3) is 0 Å². The second kappa shape index (κ2) is 2.34. The Morgan fingerprint density at radius 2 is 2.50 bits per heavy atom. The molecule has 1 aliphatic heterocycles. The first-order valence-corrected chi connectivity index (χ1v) is 2.82. The Balaban J connectivity index is 2.54. The van der Waals surface area contributed by atoms with Crippen molar-refractivity contribution in [3.05, 3.63) is 12.3 Å². The molecular formula is C3H5N3S2. The third-order valence-corrected chi connectivity index (χ3v) is 1.09. The Morgan fingerprint density at radius 1 is 1.75 bits per heavy atom. The fourth-order valence-corrected chi connectivity index (χ4v) is 0.759. The van der Waals surface area contributed by atoms with E-state index in [-0.39, 0.29) is 0 Å². The fraction of sp³-hybridized carbons (Fsp3) is 0. The van der Waals surface area contributed by atoms with Gasteiger partial charge in [-0.05, 0) is 6.08 Å². The Bertz CT molecular complexity index is 132. The lowest BCUT2D eigenvalue weighted by molar-refractivity contribution is 0.368. The molecule has 1 heterocycles. The largest absolute Gasteiger partial charge is 0.299 e. The molecule has 8 heavy (non-hydrogen) atoms. The first-order valence-electron chi connectivity index (χ1n) is 2.01. The van der Waals surface area contributed by atoms with Gasteiger partial charge in [0, 0.05) is 6.20 Å². The van der Waals surface area contributed by atoms with E-state index < -0.39 is 0 Å². The van der Waals surface area contributed by atoms with Gasteiger partial charge >= 0.3 is 0 Å². The summed E-state index contributed by atoms with van der Waals surface area (Å²) in [4.78, 5) is 0.652. The topological polar surface area (TPSA) is 27.3 Å². The molecule has 0 radical (unpaired) electrons. The van der Waals surface area contributed by atoms with Crippen molar-refractivity contribution >= 4 is 30.0 Å². The molecule has 0 bridgehead atoms. The maximum absolute atomic E-state index is 4.75. The molecule has 44 valence electrons. The summed E-state index contributed by atoms with van der Waals surface area (Å²) in [5.41, 5.74) is 5.44. The molecule has 0 aromatic heterocycles. The monoisotopic (exact) mass is 147 g/mol. The quantitative estimate of drug-likeness (QED) is 0.332. The predicted octanol–water partition coefficient (Wildman–Crippen LogP) is -0.00290. The summed E-state index contributed by atoms with van der Waals surface area (Å²) in [6.45, 7) is 0. The normalized spacial score (nSPS) is 19.9. The van der Waals surface area contributed by atoms with E-state index in [0.717, 1.165) is 0 Å². The Kier molecular flexibility index (Phi) is 1.72. The molecule has 0 aromatic carbocycles. The van der Waals surface area contributed by atoms with Gasteiger partial charge in [0.2, 0.25) is 0 Å². The van der Waals surface area contributed by atoms with Crippen LogP contribution in [0.1, 0.15) is 0 Å². The molecule has 1 aliphatic rings. The molecule has 0 aromatic rings. The molecule has 0 amide bonds. The number of nitrogens with one attached hydrogen (secondary N) is 2. The summed E-state index contributed by atoms with van der Waals surface area (Å²) in [6.07, 6.45) is 3.44. The van der Waals surface area contributed by atoms with Crippen molar-refractivity contribution < 1.29 is 0 Å². The van der Waals surface area contributed by atoms with Crippen molar-refractivity contribution in [2.45, 2.75) is 0 Å². The van der Waals surface area contributed by atoms with E-state index in [2.05, 4.69) is 23.7 Å². The van der Waals surface area contributed by atoms with Crippen LogP contribution >= 0.6 is 25.0 Å². The molecule has 0 atom stereocenters. The standard InChI is InChI=1S/C3H5N3S2/c7-3-1-2-4-6(8)5-3/h1-2,4,8H,(H,5,7). The SMILES string of the molecule is S=C1C=CNN(S)N1. The van der Waals surface area contributed by atoms with Gasteiger partial charge in [0.15, 0.2) is 0 Å². The van der Waals surface area contributed by atoms with Crippen LogP contribution in [0, 0.1) is 0 Å². The van der Waals surface area contributed by atoms with Crippen LogP contribution in [-0.4, -0.2) is 9.51 Å². The average molecular weight is 147 g/mol. The van der Waals surface area contributed by atoms with E-state index >= 15 is 0 Å². The van der Waals surface area contributed by atoms with Crippen molar-refractivity contribution in [2.75, 3.05) is 0 Å². The van der Waals surface area contributed by atoms with Crippen LogP contribution in [0.2, 0.25) is 0 Å². The number of hydrogen-bond acceptors (Lipinski definition) is 4. The Hall–Kier alpha value is -0.260. The first-order chi connectivity index (χ1) is 3.79. The molecule has 2 N–H and O–H groups in total. The zero-order valence-corrected chi connectivity index (χ0v) is 5.67. The van der Waals surface area contributed by atoms with Gasteiger partial charge in [-0.25, -0.2) is 0 Å². The van der Waals surface area contributed by atoms with Gasteiger partial charge < -0.3 is 0 Å². The summed E-state index contributed by atoms with van der Waals surface area (Å²) < 4.78 is 1.38. The lowest BCUT2D eigenvalue weighted by Gasteiger charge is -2.19. The third kappa shape index (κ3) is 1.36. The van der Waals surface area contributed by atoms with Gasteiger partial charge in [-0.2, -0.15) is 0 Å². The van der Waals surface area contributed by atoms with Gasteiger partial charge in [0.05, 0.1) is 0 Å². The Labute approximate surface area is 58.2 Å². The fourth-order valence-electron chi connectivity index (χ4n) is 0.357. The first kappa shape index (κ1) is 5.87. The number of nitrogens with zero attached hydrogens (tertiary/aromatic N) is 1. The smallest absolute Gasteiger partial charge is 0.117 e. The van der Waals surface area contributed by atoms with Crippen LogP contribution in [0.15, 0.2) is 12.3 Å². The van der Waals surface area contributed by atoms with Crippen LogP contribution < -0.4 is 10.9 Å². The lowest BCUT2D eigenvalue weighted by Crippen LogP contribution is -2.43. The van der Waals surface area contributed by atoms with Gasteiger partial charge in [-0.15, -0.1) is 0 Å².